The van der Waals surface area contributed by atoms with Crippen molar-refractivity contribution in [3.05, 3.63) is 82.3 Å². The van der Waals surface area contributed by atoms with Crippen LogP contribution in [-0.2, 0) is 10.0 Å². The summed E-state index contributed by atoms with van der Waals surface area (Å²) in [4.78, 5) is 13.7. The summed E-state index contributed by atoms with van der Waals surface area (Å²) < 4.78 is 28.0. The highest BCUT2D eigenvalue weighted by Crippen LogP contribution is 2.25. The minimum Gasteiger partial charge on any atom is -0.322 e. The Morgan fingerprint density at radius 1 is 1.00 bits per heavy atom. The maximum absolute atomic E-state index is 12.9. The third kappa shape index (κ3) is 4.88. The highest BCUT2D eigenvalue weighted by Gasteiger charge is 2.21. The number of sulfonamides is 1. The van der Waals surface area contributed by atoms with Gasteiger partial charge < -0.3 is 5.32 Å². The summed E-state index contributed by atoms with van der Waals surface area (Å²) in [5.74, 6) is -0.263. The lowest BCUT2D eigenvalue weighted by Crippen LogP contribution is -2.26. The first-order valence-corrected chi connectivity index (χ1v) is 12.5. The van der Waals surface area contributed by atoms with Gasteiger partial charge in [-0.25, -0.2) is 8.42 Å². The number of carbonyl (C=O) groups excluding carboxylic acids is 1. The molecule has 0 radical (unpaired) electrons. The SMILES string of the molecule is CSc1ccc(S(=O)(=O)N(C)c2ccc(C(=O)Nc3ccc(Br)c(C)c3)cc2)cc1. The van der Waals surface area contributed by atoms with Gasteiger partial charge in [-0.05, 0) is 85.5 Å². The Labute approximate surface area is 189 Å². The van der Waals surface area contributed by atoms with E-state index >= 15 is 0 Å². The first-order valence-electron chi connectivity index (χ1n) is 9.03. The van der Waals surface area contributed by atoms with Crippen LogP contribution in [0.5, 0.6) is 0 Å². The van der Waals surface area contributed by atoms with E-state index in [0.717, 1.165) is 14.9 Å². The molecule has 3 aromatic rings. The number of halogens is 1. The summed E-state index contributed by atoms with van der Waals surface area (Å²) in [5, 5.41) is 2.85. The van der Waals surface area contributed by atoms with E-state index in [1.807, 2.05) is 31.4 Å². The Kier molecular flexibility index (Phi) is 6.90. The van der Waals surface area contributed by atoms with Gasteiger partial charge in [0.2, 0.25) is 0 Å². The van der Waals surface area contributed by atoms with Gasteiger partial charge in [-0.1, -0.05) is 15.9 Å². The van der Waals surface area contributed by atoms with Gasteiger partial charge in [0.05, 0.1) is 10.6 Å². The third-order valence-electron chi connectivity index (χ3n) is 4.63. The molecule has 1 N–H and O–H groups in total. The van der Waals surface area contributed by atoms with Gasteiger partial charge in [0.1, 0.15) is 0 Å². The lowest BCUT2D eigenvalue weighted by atomic mass is 10.1. The monoisotopic (exact) mass is 504 g/mol. The molecule has 0 fully saturated rings. The fourth-order valence-corrected chi connectivity index (χ4v) is 4.64. The predicted molar refractivity (Wildman–Crippen MR) is 127 cm³/mol. The van der Waals surface area contributed by atoms with E-state index in [0.29, 0.717) is 16.9 Å². The van der Waals surface area contributed by atoms with Gasteiger partial charge in [0.15, 0.2) is 0 Å². The Morgan fingerprint density at radius 3 is 2.20 bits per heavy atom. The van der Waals surface area contributed by atoms with Crippen molar-refractivity contribution in [3.8, 4) is 0 Å². The van der Waals surface area contributed by atoms with Crippen LogP contribution in [0.1, 0.15) is 15.9 Å². The van der Waals surface area contributed by atoms with E-state index in [4.69, 9.17) is 0 Å². The van der Waals surface area contributed by atoms with Crippen LogP contribution in [0, 0.1) is 6.92 Å². The zero-order valence-electron chi connectivity index (χ0n) is 16.7. The molecule has 0 saturated heterocycles. The summed E-state index contributed by atoms with van der Waals surface area (Å²) in [6, 6.07) is 18.8. The number of hydrogen-bond acceptors (Lipinski definition) is 4. The number of hydrogen-bond donors (Lipinski definition) is 1. The number of nitrogens with zero attached hydrogens (tertiary/aromatic N) is 1. The molecule has 0 saturated carbocycles. The second-order valence-electron chi connectivity index (χ2n) is 6.61. The first-order chi connectivity index (χ1) is 14.2. The van der Waals surface area contributed by atoms with Gasteiger partial charge in [-0.15, -0.1) is 11.8 Å². The molecule has 3 aromatic carbocycles. The van der Waals surface area contributed by atoms with E-state index in [2.05, 4.69) is 21.2 Å². The quantitative estimate of drug-likeness (QED) is 0.446. The lowest BCUT2D eigenvalue weighted by Gasteiger charge is -2.20. The Hall–Kier alpha value is -2.29. The molecule has 0 aromatic heterocycles. The van der Waals surface area contributed by atoms with Crippen LogP contribution in [0.4, 0.5) is 11.4 Å². The summed E-state index contributed by atoms with van der Waals surface area (Å²) in [6.07, 6.45) is 1.94. The maximum Gasteiger partial charge on any atom is 0.264 e. The number of nitrogens with one attached hydrogen (secondary N) is 1. The highest BCUT2D eigenvalue weighted by molar-refractivity contribution is 9.10. The standard InChI is InChI=1S/C22H21BrN2O3S2/c1-15-14-17(6-13-21(15)23)24-22(26)16-4-7-18(8-5-16)25(2)30(27,28)20-11-9-19(29-3)10-12-20/h4-14H,1-3H3,(H,24,26). The van der Waals surface area contributed by atoms with Crippen LogP contribution in [0.3, 0.4) is 0 Å². The Bertz CT molecular complexity index is 1160. The number of amides is 1. The van der Waals surface area contributed by atoms with Crippen molar-refractivity contribution in [2.45, 2.75) is 16.7 Å². The van der Waals surface area contributed by atoms with Crippen molar-refractivity contribution in [1.82, 2.24) is 0 Å². The molecule has 0 atom stereocenters. The number of anilines is 2. The summed E-state index contributed by atoms with van der Waals surface area (Å²) in [5.41, 5.74) is 2.62. The van der Waals surface area contributed by atoms with Crippen molar-refractivity contribution in [2.75, 3.05) is 22.9 Å². The van der Waals surface area contributed by atoms with E-state index < -0.39 is 10.0 Å². The molecule has 30 heavy (non-hydrogen) atoms. The average Bonchev–Trinajstić information content (AvgIpc) is 2.76. The Morgan fingerprint density at radius 2 is 1.63 bits per heavy atom. The molecular formula is C22H21BrN2O3S2. The third-order valence-corrected chi connectivity index (χ3v) is 8.06. The molecule has 0 aliphatic rings. The normalized spacial score (nSPS) is 11.2. The molecule has 0 spiro atoms. The molecule has 8 heteroatoms. The average molecular weight is 505 g/mol. The van der Waals surface area contributed by atoms with E-state index in [1.54, 1.807) is 60.3 Å². The van der Waals surface area contributed by atoms with Gasteiger partial charge in [0.25, 0.3) is 15.9 Å². The zero-order valence-corrected chi connectivity index (χ0v) is 19.9. The van der Waals surface area contributed by atoms with Crippen molar-refractivity contribution >= 4 is 55.0 Å². The first kappa shape index (κ1) is 22.4. The summed E-state index contributed by atoms with van der Waals surface area (Å²) in [7, 11) is -2.19. The number of thioether (sulfide) groups is 1. The highest BCUT2D eigenvalue weighted by atomic mass is 79.9. The van der Waals surface area contributed by atoms with E-state index in [-0.39, 0.29) is 10.8 Å². The minimum absolute atomic E-state index is 0.218. The smallest absolute Gasteiger partial charge is 0.264 e. The number of rotatable bonds is 6. The number of benzene rings is 3. The van der Waals surface area contributed by atoms with Crippen molar-refractivity contribution in [2.24, 2.45) is 0 Å². The fraction of sp³-hybridized carbons (Fsp3) is 0.136. The van der Waals surface area contributed by atoms with E-state index in [1.165, 1.54) is 11.4 Å². The zero-order chi connectivity index (χ0) is 21.9. The van der Waals surface area contributed by atoms with Gasteiger partial charge in [-0.2, -0.15) is 0 Å². The molecule has 0 heterocycles. The van der Waals surface area contributed by atoms with Gasteiger partial charge in [-0.3, -0.25) is 9.10 Å². The number of carbonyl (C=O) groups is 1. The minimum atomic E-state index is -3.69. The van der Waals surface area contributed by atoms with Crippen molar-refractivity contribution in [1.29, 1.82) is 0 Å². The second-order valence-corrected chi connectivity index (χ2v) is 10.3. The molecule has 3 rings (SSSR count). The van der Waals surface area contributed by atoms with Crippen LogP contribution in [0.2, 0.25) is 0 Å². The number of aryl methyl sites for hydroxylation is 1. The predicted octanol–water partition coefficient (Wildman–Crippen LogP) is 5.56. The molecule has 5 nitrogen and oxygen atoms in total. The fourth-order valence-electron chi connectivity index (χ4n) is 2.79. The van der Waals surface area contributed by atoms with Gasteiger partial charge >= 0.3 is 0 Å². The van der Waals surface area contributed by atoms with Crippen LogP contribution in [0.25, 0.3) is 0 Å². The Balaban J connectivity index is 1.76. The van der Waals surface area contributed by atoms with Crippen molar-refractivity contribution in [3.63, 3.8) is 0 Å². The topological polar surface area (TPSA) is 66.5 Å². The van der Waals surface area contributed by atoms with Crippen molar-refractivity contribution < 1.29 is 13.2 Å². The van der Waals surface area contributed by atoms with Crippen LogP contribution in [0.15, 0.2) is 81.0 Å². The van der Waals surface area contributed by atoms with Crippen LogP contribution < -0.4 is 9.62 Å². The molecule has 1 amide bonds. The molecule has 0 aliphatic carbocycles. The molecule has 0 bridgehead atoms. The largest absolute Gasteiger partial charge is 0.322 e. The molecule has 0 unspecified atom stereocenters. The molecule has 156 valence electrons. The molecule has 0 aliphatic heterocycles. The maximum atomic E-state index is 12.9. The van der Waals surface area contributed by atoms with Crippen LogP contribution >= 0.6 is 27.7 Å². The summed E-state index contributed by atoms with van der Waals surface area (Å²) >= 11 is 4.98. The molecular weight excluding hydrogens is 484 g/mol. The van der Waals surface area contributed by atoms with Gasteiger partial charge in [0, 0.05) is 27.7 Å². The van der Waals surface area contributed by atoms with Crippen LogP contribution in [-0.4, -0.2) is 27.6 Å². The van der Waals surface area contributed by atoms with E-state index in [9.17, 15) is 13.2 Å². The lowest BCUT2D eigenvalue weighted by molar-refractivity contribution is 0.102. The summed E-state index contributed by atoms with van der Waals surface area (Å²) in [6.45, 7) is 1.94. The second kappa shape index (κ2) is 9.24.